The molecule has 0 spiro atoms. The molecule has 0 fully saturated rings. The van der Waals surface area contributed by atoms with Crippen molar-refractivity contribution in [3.63, 3.8) is 0 Å². The van der Waals surface area contributed by atoms with Crippen molar-refractivity contribution in [1.29, 1.82) is 0 Å². The van der Waals surface area contributed by atoms with Crippen molar-refractivity contribution < 1.29 is 8.76 Å². The highest BCUT2D eigenvalue weighted by atomic mass is 32.2. The van der Waals surface area contributed by atoms with Crippen LogP contribution in [0.2, 0.25) is 0 Å². The third kappa shape index (κ3) is 3.12. The van der Waals surface area contributed by atoms with E-state index in [2.05, 4.69) is 25.0 Å². The van der Waals surface area contributed by atoms with Gasteiger partial charge in [-0.15, -0.1) is 0 Å². The van der Waals surface area contributed by atoms with Crippen LogP contribution < -0.4 is 10.0 Å². The molecular formula is C13H10N5O2S-. The number of nitrogens with zero attached hydrogens (tertiary/aromatic N) is 3. The molecule has 1 atom stereocenters. The number of pyridine rings is 1. The lowest BCUT2D eigenvalue weighted by molar-refractivity contribution is 0.542. The summed E-state index contributed by atoms with van der Waals surface area (Å²) in [4.78, 5) is 12.4. The molecule has 0 saturated carbocycles. The smallest absolute Gasteiger partial charge is 0.164 e. The van der Waals surface area contributed by atoms with Gasteiger partial charge in [-0.1, -0.05) is 0 Å². The van der Waals surface area contributed by atoms with E-state index < -0.39 is 11.3 Å². The minimum atomic E-state index is -2.33. The van der Waals surface area contributed by atoms with E-state index in [4.69, 9.17) is 0 Å². The largest absolute Gasteiger partial charge is 0.755 e. The molecule has 8 heteroatoms. The van der Waals surface area contributed by atoms with Crippen molar-refractivity contribution in [2.45, 2.75) is 0 Å². The van der Waals surface area contributed by atoms with Crippen LogP contribution in [0.3, 0.4) is 0 Å². The maximum atomic E-state index is 10.5. The molecule has 0 aliphatic rings. The molecule has 2 heterocycles. The first-order valence-corrected chi connectivity index (χ1v) is 7.08. The van der Waals surface area contributed by atoms with Crippen molar-refractivity contribution >= 4 is 39.5 Å². The minimum absolute atomic E-state index is 0.489. The molecule has 2 aromatic heterocycles. The van der Waals surface area contributed by atoms with E-state index in [-0.39, 0.29) is 0 Å². The SMILES string of the molecule is O=S([O-])Nc1ccc(Nc2ncnc3ncccc23)cc1. The zero-order chi connectivity index (χ0) is 14.7. The number of hydrogen-bond acceptors (Lipinski definition) is 6. The molecule has 1 unspecified atom stereocenters. The molecule has 0 radical (unpaired) electrons. The number of rotatable bonds is 4. The van der Waals surface area contributed by atoms with Gasteiger partial charge in [0.25, 0.3) is 0 Å². The lowest BCUT2D eigenvalue weighted by Crippen LogP contribution is -2.02. The standard InChI is InChI=1S/C13H11N5O2S/c19-21(20)18-10-5-3-9(4-6-10)17-13-11-2-1-7-14-12(11)15-8-16-13/h1-8,18H,(H,19,20)(H,14,15,16,17)/p-1. The molecule has 2 N–H and O–H groups in total. The Hall–Kier alpha value is -2.58. The number of fused-ring (bicyclic) bond motifs is 1. The number of aromatic nitrogens is 3. The lowest BCUT2D eigenvalue weighted by Gasteiger charge is -2.10. The fraction of sp³-hybridized carbons (Fsp3) is 0. The highest BCUT2D eigenvalue weighted by Crippen LogP contribution is 2.22. The fourth-order valence-electron chi connectivity index (χ4n) is 1.85. The number of nitrogens with one attached hydrogen (secondary N) is 2. The summed E-state index contributed by atoms with van der Waals surface area (Å²) < 4.78 is 23.4. The van der Waals surface area contributed by atoms with Crippen molar-refractivity contribution in [3.05, 3.63) is 48.9 Å². The molecule has 7 nitrogen and oxygen atoms in total. The number of benzene rings is 1. The summed E-state index contributed by atoms with van der Waals surface area (Å²) >= 11 is -2.33. The Morgan fingerprint density at radius 3 is 2.52 bits per heavy atom. The summed E-state index contributed by atoms with van der Waals surface area (Å²) in [6.45, 7) is 0. The van der Waals surface area contributed by atoms with Gasteiger partial charge in [0, 0.05) is 28.8 Å². The van der Waals surface area contributed by atoms with Crippen LogP contribution in [0, 0.1) is 0 Å². The Balaban J connectivity index is 1.87. The van der Waals surface area contributed by atoms with Crippen LogP contribution in [-0.2, 0) is 11.3 Å². The van der Waals surface area contributed by atoms with Gasteiger partial charge < -0.3 is 14.6 Å². The predicted molar refractivity (Wildman–Crippen MR) is 79.6 cm³/mol. The predicted octanol–water partition coefficient (Wildman–Crippen LogP) is 1.97. The van der Waals surface area contributed by atoms with Crippen LogP contribution in [0.25, 0.3) is 11.0 Å². The van der Waals surface area contributed by atoms with Crippen molar-refractivity contribution in [2.24, 2.45) is 0 Å². The molecule has 0 amide bonds. The molecule has 1 aromatic carbocycles. The van der Waals surface area contributed by atoms with Gasteiger partial charge in [0.1, 0.15) is 12.1 Å². The summed E-state index contributed by atoms with van der Waals surface area (Å²) in [6.07, 6.45) is 3.11. The van der Waals surface area contributed by atoms with Crippen molar-refractivity contribution in [1.82, 2.24) is 15.0 Å². The van der Waals surface area contributed by atoms with Crippen molar-refractivity contribution in [3.8, 4) is 0 Å². The second kappa shape index (κ2) is 5.81. The highest BCUT2D eigenvalue weighted by Gasteiger charge is 2.04. The molecule has 106 valence electrons. The molecule has 3 aromatic rings. The molecule has 3 rings (SSSR count). The monoisotopic (exact) mass is 300 g/mol. The first kappa shape index (κ1) is 13.4. The van der Waals surface area contributed by atoms with Gasteiger partial charge in [-0.25, -0.2) is 15.0 Å². The van der Waals surface area contributed by atoms with Gasteiger partial charge in [-0.2, -0.15) is 0 Å². The van der Waals surface area contributed by atoms with Gasteiger partial charge in [0.2, 0.25) is 0 Å². The molecular weight excluding hydrogens is 290 g/mol. The molecule has 0 aliphatic heterocycles. The van der Waals surface area contributed by atoms with E-state index in [9.17, 15) is 8.76 Å². The van der Waals surface area contributed by atoms with E-state index in [1.807, 2.05) is 12.1 Å². The average molecular weight is 300 g/mol. The van der Waals surface area contributed by atoms with E-state index >= 15 is 0 Å². The third-order valence-electron chi connectivity index (χ3n) is 2.76. The topological polar surface area (TPSA) is 103 Å². The van der Waals surface area contributed by atoms with E-state index in [1.165, 1.54) is 6.33 Å². The normalized spacial score (nSPS) is 12.0. The molecule has 0 bridgehead atoms. The molecule has 0 aliphatic carbocycles. The maximum Gasteiger partial charge on any atom is 0.164 e. The summed E-state index contributed by atoms with van der Waals surface area (Å²) in [5, 5.41) is 3.96. The number of hydrogen-bond donors (Lipinski definition) is 2. The van der Waals surface area contributed by atoms with E-state index in [1.54, 1.807) is 30.5 Å². The van der Waals surface area contributed by atoms with Gasteiger partial charge in [-0.05, 0) is 36.4 Å². The fourth-order valence-corrected chi connectivity index (χ4v) is 2.18. The van der Waals surface area contributed by atoms with E-state index in [0.29, 0.717) is 17.2 Å². The van der Waals surface area contributed by atoms with Crippen LogP contribution in [0.15, 0.2) is 48.9 Å². The first-order valence-electron chi connectivity index (χ1n) is 6.01. The van der Waals surface area contributed by atoms with Crippen LogP contribution in [0.4, 0.5) is 17.2 Å². The molecule has 21 heavy (non-hydrogen) atoms. The summed E-state index contributed by atoms with van der Waals surface area (Å²) in [5.41, 5.74) is 1.87. The highest BCUT2D eigenvalue weighted by molar-refractivity contribution is 7.80. The van der Waals surface area contributed by atoms with Crippen LogP contribution in [0.1, 0.15) is 0 Å². The summed E-state index contributed by atoms with van der Waals surface area (Å²) in [5.74, 6) is 0.640. The zero-order valence-corrected chi connectivity index (χ0v) is 11.5. The van der Waals surface area contributed by atoms with Gasteiger partial charge >= 0.3 is 0 Å². The Bertz CT molecular complexity index is 789. The Morgan fingerprint density at radius 1 is 1.00 bits per heavy atom. The van der Waals surface area contributed by atoms with Crippen LogP contribution >= 0.6 is 0 Å². The second-order valence-corrected chi connectivity index (χ2v) is 4.81. The maximum absolute atomic E-state index is 10.5. The van der Waals surface area contributed by atoms with Gasteiger partial charge in [-0.3, -0.25) is 4.21 Å². The zero-order valence-electron chi connectivity index (χ0n) is 10.7. The van der Waals surface area contributed by atoms with Gasteiger partial charge in [0.15, 0.2) is 5.65 Å². The van der Waals surface area contributed by atoms with Gasteiger partial charge in [0.05, 0.1) is 5.39 Å². The average Bonchev–Trinajstić information content (AvgIpc) is 2.49. The Morgan fingerprint density at radius 2 is 1.76 bits per heavy atom. The third-order valence-corrected chi connectivity index (χ3v) is 3.16. The van der Waals surface area contributed by atoms with Crippen LogP contribution in [-0.4, -0.2) is 23.7 Å². The number of anilines is 3. The summed E-state index contributed by atoms with van der Waals surface area (Å²) in [7, 11) is 0. The summed E-state index contributed by atoms with van der Waals surface area (Å²) in [6, 6.07) is 10.5. The van der Waals surface area contributed by atoms with Crippen LogP contribution in [0.5, 0.6) is 0 Å². The first-order chi connectivity index (χ1) is 10.2. The Kier molecular flexibility index (Phi) is 3.71. The van der Waals surface area contributed by atoms with Crippen molar-refractivity contribution in [2.75, 3.05) is 10.0 Å². The Labute approximate surface area is 122 Å². The lowest BCUT2D eigenvalue weighted by atomic mass is 10.2. The second-order valence-electron chi connectivity index (χ2n) is 4.14. The van der Waals surface area contributed by atoms with E-state index in [0.717, 1.165) is 11.1 Å². The quantitative estimate of drug-likeness (QED) is 0.714. The minimum Gasteiger partial charge on any atom is -0.755 e. The molecule has 0 saturated heterocycles.